The average Bonchev–Trinajstić information content (AvgIpc) is 3.01. The number of hydrogen-bond acceptors (Lipinski definition) is 3. The van der Waals surface area contributed by atoms with Crippen LogP contribution in [0.15, 0.2) is 48.5 Å². The molecule has 5 nitrogen and oxygen atoms in total. The molecule has 6 heteroatoms. The molecule has 1 aliphatic heterocycles. The Balaban J connectivity index is 1.56. The van der Waals surface area contributed by atoms with Crippen molar-refractivity contribution in [3.8, 4) is 5.75 Å². The summed E-state index contributed by atoms with van der Waals surface area (Å²) in [7, 11) is 1.59. The highest BCUT2D eigenvalue weighted by molar-refractivity contribution is 5.89. The van der Waals surface area contributed by atoms with Crippen molar-refractivity contribution in [1.29, 1.82) is 0 Å². The van der Waals surface area contributed by atoms with Gasteiger partial charge in [0.15, 0.2) is 0 Å². The van der Waals surface area contributed by atoms with Crippen LogP contribution in [0.3, 0.4) is 0 Å². The van der Waals surface area contributed by atoms with Gasteiger partial charge in [-0.05, 0) is 23.8 Å². The summed E-state index contributed by atoms with van der Waals surface area (Å²) in [6.07, 6.45) is 0.174. The first-order valence-corrected chi connectivity index (χ1v) is 8.48. The Kier molecular flexibility index (Phi) is 5.51. The average molecular weight is 356 g/mol. The fourth-order valence-corrected chi connectivity index (χ4v) is 3.06. The van der Waals surface area contributed by atoms with Crippen LogP contribution in [0.5, 0.6) is 5.75 Å². The highest BCUT2D eigenvalue weighted by atomic mass is 19.1. The van der Waals surface area contributed by atoms with Crippen LogP contribution < -0.4 is 10.1 Å². The molecule has 0 spiro atoms. The molecule has 2 amide bonds. The van der Waals surface area contributed by atoms with Gasteiger partial charge in [0.05, 0.1) is 13.0 Å². The summed E-state index contributed by atoms with van der Waals surface area (Å²) in [6, 6.07) is 13.8. The van der Waals surface area contributed by atoms with Crippen LogP contribution in [-0.4, -0.2) is 30.4 Å². The van der Waals surface area contributed by atoms with Gasteiger partial charge in [-0.25, -0.2) is 4.39 Å². The molecule has 1 atom stereocenters. The maximum Gasteiger partial charge on any atom is 0.225 e. The highest BCUT2D eigenvalue weighted by Gasteiger charge is 2.34. The number of halogens is 1. The minimum atomic E-state index is -0.417. The topological polar surface area (TPSA) is 58.6 Å². The maximum atomic E-state index is 13.6. The van der Waals surface area contributed by atoms with Crippen molar-refractivity contribution in [1.82, 2.24) is 10.2 Å². The SMILES string of the molecule is COc1cccc(CN2C[C@H](C(=O)NCc3ccccc3F)CC2=O)c1. The second-order valence-electron chi connectivity index (χ2n) is 6.34. The Morgan fingerprint density at radius 3 is 2.85 bits per heavy atom. The number of rotatable bonds is 6. The summed E-state index contributed by atoms with van der Waals surface area (Å²) in [4.78, 5) is 26.2. The van der Waals surface area contributed by atoms with E-state index in [2.05, 4.69) is 5.32 Å². The molecule has 26 heavy (non-hydrogen) atoms. The van der Waals surface area contributed by atoms with E-state index in [1.807, 2.05) is 24.3 Å². The van der Waals surface area contributed by atoms with E-state index in [0.717, 1.165) is 11.3 Å². The van der Waals surface area contributed by atoms with Gasteiger partial charge in [-0.2, -0.15) is 0 Å². The van der Waals surface area contributed by atoms with Crippen LogP contribution in [0.25, 0.3) is 0 Å². The first-order chi connectivity index (χ1) is 12.6. The molecule has 2 aromatic carbocycles. The van der Waals surface area contributed by atoms with Crippen molar-refractivity contribution in [2.24, 2.45) is 5.92 Å². The van der Waals surface area contributed by atoms with Crippen LogP contribution in [0.1, 0.15) is 17.5 Å². The van der Waals surface area contributed by atoms with E-state index in [1.165, 1.54) is 6.07 Å². The van der Waals surface area contributed by atoms with Gasteiger partial charge >= 0.3 is 0 Å². The molecule has 0 saturated carbocycles. The Labute approximate surface area is 151 Å². The summed E-state index contributed by atoms with van der Waals surface area (Å²) in [6.45, 7) is 0.915. The monoisotopic (exact) mass is 356 g/mol. The van der Waals surface area contributed by atoms with Gasteiger partial charge in [0.1, 0.15) is 11.6 Å². The van der Waals surface area contributed by atoms with E-state index >= 15 is 0 Å². The predicted molar refractivity (Wildman–Crippen MR) is 94.8 cm³/mol. The zero-order valence-electron chi connectivity index (χ0n) is 14.6. The molecular formula is C20H21FN2O3. The number of nitrogens with one attached hydrogen (secondary N) is 1. The number of benzene rings is 2. The van der Waals surface area contributed by atoms with E-state index < -0.39 is 5.92 Å². The first kappa shape index (κ1) is 17.9. The first-order valence-electron chi connectivity index (χ1n) is 8.48. The summed E-state index contributed by atoms with van der Waals surface area (Å²) in [5.74, 6) is -0.322. The minimum Gasteiger partial charge on any atom is -0.497 e. The van der Waals surface area contributed by atoms with E-state index in [1.54, 1.807) is 30.2 Å². The van der Waals surface area contributed by atoms with Gasteiger partial charge in [-0.3, -0.25) is 9.59 Å². The number of nitrogens with zero attached hydrogens (tertiary/aromatic N) is 1. The van der Waals surface area contributed by atoms with E-state index in [4.69, 9.17) is 4.74 Å². The lowest BCUT2D eigenvalue weighted by atomic mass is 10.1. The zero-order chi connectivity index (χ0) is 18.5. The fraction of sp³-hybridized carbons (Fsp3) is 0.300. The van der Waals surface area contributed by atoms with Crippen LogP contribution in [0.4, 0.5) is 4.39 Å². The third-order valence-corrected chi connectivity index (χ3v) is 4.50. The van der Waals surface area contributed by atoms with Gasteiger partial charge in [0, 0.05) is 31.6 Å². The quantitative estimate of drug-likeness (QED) is 0.865. The lowest BCUT2D eigenvalue weighted by Gasteiger charge is -2.17. The third-order valence-electron chi connectivity index (χ3n) is 4.50. The molecule has 0 bridgehead atoms. The van der Waals surface area contributed by atoms with Crippen molar-refractivity contribution in [2.45, 2.75) is 19.5 Å². The zero-order valence-corrected chi connectivity index (χ0v) is 14.6. The van der Waals surface area contributed by atoms with Crippen molar-refractivity contribution < 1.29 is 18.7 Å². The summed E-state index contributed by atoms with van der Waals surface area (Å²) in [5, 5.41) is 2.73. The smallest absolute Gasteiger partial charge is 0.225 e. The minimum absolute atomic E-state index is 0.0566. The normalized spacial score (nSPS) is 16.6. The van der Waals surface area contributed by atoms with Gasteiger partial charge in [-0.15, -0.1) is 0 Å². The number of ether oxygens (including phenoxy) is 1. The van der Waals surface area contributed by atoms with E-state index in [-0.39, 0.29) is 30.6 Å². The number of methoxy groups -OCH3 is 1. The number of hydrogen-bond donors (Lipinski definition) is 1. The molecule has 3 rings (SSSR count). The number of carbonyl (C=O) groups excluding carboxylic acids is 2. The lowest BCUT2D eigenvalue weighted by molar-refractivity contribution is -0.129. The van der Waals surface area contributed by atoms with Crippen molar-refractivity contribution in [3.05, 3.63) is 65.5 Å². The molecule has 1 aliphatic rings. The Bertz CT molecular complexity index is 809. The van der Waals surface area contributed by atoms with Crippen molar-refractivity contribution >= 4 is 11.8 Å². The molecule has 1 N–H and O–H groups in total. The molecule has 0 radical (unpaired) electrons. The predicted octanol–water partition coefficient (Wildman–Crippen LogP) is 2.50. The fourth-order valence-electron chi connectivity index (χ4n) is 3.06. The number of amides is 2. The standard InChI is InChI=1S/C20H21FN2O3/c1-26-17-7-4-5-14(9-17)12-23-13-16(10-19(23)24)20(25)22-11-15-6-2-3-8-18(15)21/h2-9,16H,10-13H2,1H3,(H,22,25)/t16-/m1/s1. The summed E-state index contributed by atoms with van der Waals surface area (Å²) in [5.41, 5.74) is 1.38. The van der Waals surface area contributed by atoms with Gasteiger partial charge < -0.3 is 15.0 Å². The molecule has 0 aliphatic carbocycles. The van der Waals surface area contributed by atoms with Crippen molar-refractivity contribution in [2.75, 3.05) is 13.7 Å². The second kappa shape index (κ2) is 7.99. The van der Waals surface area contributed by atoms with Crippen molar-refractivity contribution in [3.63, 3.8) is 0 Å². The Morgan fingerprint density at radius 1 is 1.27 bits per heavy atom. The van der Waals surface area contributed by atoms with E-state index in [9.17, 15) is 14.0 Å². The molecule has 1 heterocycles. The Hall–Kier alpha value is -2.89. The lowest BCUT2D eigenvalue weighted by Crippen LogP contribution is -2.32. The maximum absolute atomic E-state index is 13.6. The Morgan fingerprint density at radius 2 is 2.08 bits per heavy atom. The van der Waals surface area contributed by atoms with Crippen LogP contribution in [-0.2, 0) is 22.7 Å². The third kappa shape index (κ3) is 4.20. The molecule has 0 aromatic heterocycles. The summed E-state index contributed by atoms with van der Waals surface area (Å²) >= 11 is 0. The number of likely N-dealkylation sites (tertiary alicyclic amines) is 1. The highest BCUT2D eigenvalue weighted by Crippen LogP contribution is 2.22. The molecule has 0 unspecified atom stereocenters. The number of carbonyl (C=O) groups is 2. The van der Waals surface area contributed by atoms with Crippen LogP contribution >= 0.6 is 0 Å². The largest absolute Gasteiger partial charge is 0.497 e. The van der Waals surface area contributed by atoms with Gasteiger partial charge in [0.2, 0.25) is 11.8 Å². The molecule has 1 fully saturated rings. The molecular weight excluding hydrogens is 335 g/mol. The van der Waals surface area contributed by atoms with E-state index in [0.29, 0.717) is 18.7 Å². The van der Waals surface area contributed by atoms with Gasteiger partial charge in [0.25, 0.3) is 0 Å². The molecule has 2 aromatic rings. The molecule has 136 valence electrons. The van der Waals surface area contributed by atoms with Gasteiger partial charge in [-0.1, -0.05) is 30.3 Å². The van der Waals surface area contributed by atoms with Crippen LogP contribution in [0, 0.1) is 11.7 Å². The second-order valence-corrected chi connectivity index (χ2v) is 6.34. The molecule has 1 saturated heterocycles. The summed E-state index contributed by atoms with van der Waals surface area (Å²) < 4.78 is 18.8. The van der Waals surface area contributed by atoms with Crippen LogP contribution in [0.2, 0.25) is 0 Å².